The summed E-state index contributed by atoms with van der Waals surface area (Å²) >= 11 is 6.37. The molecule has 148 valence electrons. The minimum absolute atomic E-state index is 0.227. The average molecular weight is 412 g/mol. The van der Waals surface area contributed by atoms with E-state index in [1.165, 1.54) is 24.3 Å². The fourth-order valence-corrected chi connectivity index (χ4v) is 3.39. The van der Waals surface area contributed by atoms with Crippen LogP contribution in [0.15, 0.2) is 67.0 Å². The summed E-state index contributed by atoms with van der Waals surface area (Å²) in [4.78, 5) is 30.3. The van der Waals surface area contributed by atoms with Crippen molar-refractivity contribution in [2.75, 3.05) is 0 Å². The number of aromatic nitrogens is 1. The fraction of sp³-hybridized carbons (Fsp3) is 0.136. The molecule has 0 aliphatic heterocycles. The van der Waals surface area contributed by atoms with Gasteiger partial charge in [-0.15, -0.1) is 0 Å². The Morgan fingerprint density at radius 1 is 1.14 bits per heavy atom. The first-order valence-electron chi connectivity index (χ1n) is 8.91. The number of rotatable bonds is 6. The molecule has 0 spiro atoms. The van der Waals surface area contributed by atoms with E-state index in [0.717, 1.165) is 5.56 Å². The number of nitrogens with two attached hydrogens (primary N) is 1. The van der Waals surface area contributed by atoms with Gasteiger partial charge in [0, 0.05) is 35.1 Å². The molecule has 0 fully saturated rings. The van der Waals surface area contributed by atoms with Crippen LogP contribution in [0.4, 0.5) is 4.39 Å². The summed E-state index contributed by atoms with van der Waals surface area (Å²) in [5.41, 5.74) is 7.27. The van der Waals surface area contributed by atoms with E-state index in [-0.39, 0.29) is 23.6 Å². The van der Waals surface area contributed by atoms with Gasteiger partial charge < -0.3 is 10.6 Å². The van der Waals surface area contributed by atoms with Crippen molar-refractivity contribution in [2.24, 2.45) is 5.73 Å². The third-order valence-electron chi connectivity index (χ3n) is 4.61. The standard InChI is InChI=1S/C22H19ClFN3O2/c1-14(19-8-7-16(21(25)28)11-20(19)23)27(13-15-4-3-9-26-12-15)22(29)17-5-2-6-18(24)10-17/h2-12,14H,13H2,1H3,(H2,25,28)/t14-/m1/s1. The van der Waals surface area contributed by atoms with Crippen LogP contribution in [0.25, 0.3) is 0 Å². The van der Waals surface area contributed by atoms with E-state index < -0.39 is 17.8 Å². The highest BCUT2D eigenvalue weighted by atomic mass is 35.5. The average Bonchev–Trinajstić information content (AvgIpc) is 2.71. The number of hydrogen-bond donors (Lipinski definition) is 1. The van der Waals surface area contributed by atoms with Crippen LogP contribution in [0, 0.1) is 5.82 Å². The van der Waals surface area contributed by atoms with Gasteiger partial charge in [0.05, 0.1) is 6.04 Å². The van der Waals surface area contributed by atoms with Gasteiger partial charge in [0.25, 0.3) is 5.91 Å². The van der Waals surface area contributed by atoms with Gasteiger partial charge in [-0.1, -0.05) is 29.8 Å². The zero-order valence-corrected chi connectivity index (χ0v) is 16.4. The number of carbonyl (C=O) groups excluding carboxylic acids is 2. The molecule has 2 amide bonds. The van der Waals surface area contributed by atoms with E-state index in [4.69, 9.17) is 17.3 Å². The number of halogens is 2. The zero-order chi connectivity index (χ0) is 21.0. The van der Waals surface area contributed by atoms with Gasteiger partial charge in [0.15, 0.2) is 0 Å². The number of benzene rings is 2. The lowest BCUT2D eigenvalue weighted by Crippen LogP contribution is -2.33. The number of amides is 2. The number of primary amides is 1. The highest BCUT2D eigenvalue weighted by molar-refractivity contribution is 6.31. The molecule has 0 saturated carbocycles. The van der Waals surface area contributed by atoms with Gasteiger partial charge in [-0.05, 0) is 54.4 Å². The van der Waals surface area contributed by atoms with E-state index in [1.54, 1.807) is 41.6 Å². The molecular weight excluding hydrogens is 393 g/mol. The maximum Gasteiger partial charge on any atom is 0.254 e. The third kappa shape index (κ3) is 4.78. The smallest absolute Gasteiger partial charge is 0.254 e. The Morgan fingerprint density at radius 3 is 2.55 bits per heavy atom. The van der Waals surface area contributed by atoms with E-state index in [2.05, 4.69) is 4.98 Å². The van der Waals surface area contributed by atoms with Crippen LogP contribution in [0.2, 0.25) is 5.02 Å². The van der Waals surface area contributed by atoms with Crippen molar-refractivity contribution in [1.82, 2.24) is 9.88 Å². The summed E-state index contributed by atoms with van der Waals surface area (Å²) in [5, 5.41) is 0.317. The van der Waals surface area contributed by atoms with Crippen molar-refractivity contribution < 1.29 is 14.0 Å². The zero-order valence-electron chi connectivity index (χ0n) is 15.7. The summed E-state index contributed by atoms with van der Waals surface area (Å²) in [6.45, 7) is 2.07. The first-order valence-corrected chi connectivity index (χ1v) is 9.29. The topological polar surface area (TPSA) is 76.3 Å². The van der Waals surface area contributed by atoms with Gasteiger partial charge >= 0.3 is 0 Å². The number of nitrogens with zero attached hydrogens (tertiary/aromatic N) is 2. The molecule has 3 rings (SSSR count). The van der Waals surface area contributed by atoms with E-state index >= 15 is 0 Å². The van der Waals surface area contributed by atoms with E-state index in [9.17, 15) is 14.0 Å². The second-order valence-electron chi connectivity index (χ2n) is 6.58. The number of carbonyl (C=O) groups is 2. The highest BCUT2D eigenvalue weighted by Crippen LogP contribution is 2.30. The molecule has 5 nitrogen and oxygen atoms in total. The molecule has 1 aromatic heterocycles. The monoisotopic (exact) mass is 411 g/mol. The molecule has 0 aliphatic rings. The molecule has 29 heavy (non-hydrogen) atoms. The van der Waals surface area contributed by atoms with Crippen LogP contribution in [-0.4, -0.2) is 21.7 Å². The van der Waals surface area contributed by atoms with Crippen molar-refractivity contribution in [3.63, 3.8) is 0 Å². The van der Waals surface area contributed by atoms with Crippen LogP contribution in [0.1, 0.15) is 44.8 Å². The Morgan fingerprint density at radius 2 is 1.93 bits per heavy atom. The molecule has 0 aliphatic carbocycles. The van der Waals surface area contributed by atoms with Gasteiger partial charge in [0.1, 0.15) is 5.82 Å². The van der Waals surface area contributed by atoms with Crippen molar-refractivity contribution in [3.8, 4) is 0 Å². The van der Waals surface area contributed by atoms with Crippen molar-refractivity contribution in [3.05, 3.63) is 100 Å². The maximum absolute atomic E-state index is 13.7. The Kier molecular flexibility index (Phi) is 6.24. The summed E-state index contributed by atoms with van der Waals surface area (Å²) in [7, 11) is 0. The van der Waals surface area contributed by atoms with Crippen LogP contribution in [0.3, 0.4) is 0 Å². The molecule has 0 saturated heterocycles. The van der Waals surface area contributed by atoms with Crippen LogP contribution in [0.5, 0.6) is 0 Å². The van der Waals surface area contributed by atoms with Crippen LogP contribution >= 0.6 is 11.6 Å². The predicted molar refractivity (Wildman–Crippen MR) is 109 cm³/mol. The Labute approximate surface area is 172 Å². The first kappa shape index (κ1) is 20.5. The molecular formula is C22H19ClFN3O2. The highest BCUT2D eigenvalue weighted by Gasteiger charge is 2.25. The normalized spacial score (nSPS) is 11.7. The van der Waals surface area contributed by atoms with Crippen LogP contribution in [-0.2, 0) is 6.54 Å². The molecule has 2 aromatic carbocycles. The third-order valence-corrected chi connectivity index (χ3v) is 4.94. The summed E-state index contributed by atoms with van der Waals surface area (Å²) in [5.74, 6) is -1.43. The maximum atomic E-state index is 13.7. The number of hydrogen-bond acceptors (Lipinski definition) is 3. The lowest BCUT2D eigenvalue weighted by atomic mass is 10.0. The van der Waals surface area contributed by atoms with E-state index in [0.29, 0.717) is 10.6 Å². The van der Waals surface area contributed by atoms with Gasteiger partial charge in [0.2, 0.25) is 5.91 Å². The second-order valence-corrected chi connectivity index (χ2v) is 6.99. The lowest BCUT2D eigenvalue weighted by Gasteiger charge is -2.30. The van der Waals surface area contributed by atoms with Gasteiger partial charge in [-0.3, -0.25) is 14.6 Å². The molecule has 0 radical (unpaired) electrons. The molecule has 7 heteroatoms. The quantitative estimate of drug-likeness (QED) is 0.654. The minimum atomic E-state index is -0.589. The van der Waals surface area contributed by atoms with Crippen molar-refractivity contribution >= 4 is 23.4 Å². The summed E-state index contributed by atoms with van der Waals surface area (Å²) < 4.78 is 13.7. The molecule has 0 unspecified atom stereocenters. The molecule has 0 bridgehead atoms. The van der Waals surface area contributed by atoms with Crippen molar-refractivity contribution in [2.45, 2.75) is 19.5 Å². The fourth-order valence-electron chi connectivity index (χ4n) is 3.05. The van der Waals surface area contributed by atoms with Crippen LogP contribution < -0.4 is 5.73 Å². The SMILES string of the molecule is C[C@H](c1ccc(C(N)=O)cc1Cl)N(Cc1cccnc1)C(=O)c1cccc(F)c1. The molecule has 2 N–H and O–H groups in total. The number of pyridine rings is 1. The lowest BCUT2D eigenvalue weighted by molar-refractivity contribution is 0.0673. The molecule has 1 atom stereocenters. The van der Waals surface area contributed by atoms with Gasteiger partial charge in [-0.25, -0.2) is 4.39 Å². The molecule has 1 heterocycles. The predicted octanol–water partition coefficient (Wildman–Crippen LogP) is 4.38. The Hall–Kier alpha value is -3.25. The summed E-state index contributed by atoms with van der Waals surface area (Å²) in [6.07, 6.45) is 3.31. The first-order chi connectivity index (χ1) is 13.9. The van der Waals surface area contributed by atoms with E-state index in [1.807, 2.05) is 13.0 Å². The molecule has 3 aromatic rings. The minimum Gasteiger partial charge on any atom is -0.366 e. The summed E-state index contributed by atoms with van der Waals surface area (Å²) in [6, 6.07) is 13.4. The largest absolute Gasteiger partial charge is 0.366 e. The second kappa shape index (κ2) is 8.84. The van der Waals surface area contributed by atoms with Gasteiger partial charge in [-0.2, -0.15) is 0 Å². The Bertz CT molecular complexity index is 1040. The van der Waals surface area contributed by atoms with Crippen molar-refractivity contribution in [1.29, 1.82) is 0 Å². The Balaban J connectivity index is 2.00.